The van der Waals surface area contributed by atoms with Crippen LogP contribution in [0.15, 0.2) is 23.9 Å². The number of aromatic carboxylic acids is 1. The number of ether oxygens (including phenoxy) is 1. The number of aromatic hydroxyl groups is 1. The quantitative estimate of drug-likeness (QED) is 0.257. The highest BCUT2D eigenvalue weighted by atomic mass is 16.5. The van der Waals surface area contributed by atoms with Crippen molar-refractivity contribution in [1.29, 1.82) is 5.41 Å². The van der Waals surface area contributed by atoms with E-state index in [4.69, 9.17) is 25.9 Å². The molecule has 2 rings (SSSR count). The molecule has 0 amide bonds. The third kappa shape index (κ3) is 4.75. The standard InChI is InChI=1S/C16H22BN3O6/c18-5-10(6-19)7-20-8-12(9-20)26-13-2-1-11(3-4-17(24)25)15(21)14(13)16(22)23/h1-2,5-6,12,18,21,24-25H,3-4,7-9,19H2,(H,22,23)/b10-6+,18-5?. The smallest absolute Gasteiger partial charge is 0.451 e. The van der Waals surface area contributed by atoms with Crippen molar-refractivity contribution in [3.05, 3.63) is 35.0 Å². The molecule has 1 aliphatic heterocycles. The minimum absolute atomic E-state index is 0.0194. The molecule has 0 bridgehead atoms. The van der Waals surface area contributed by atoms with Crippen molar-refractivity contribution in [2.45, 2.75) is 18.8 Å². The zero-order chi connectivity index (χ0) is 19.3. The Morgan fingerprint density at radius 1 is 1.42 bits per heavy atom. The lowest BCUT2D eigenvalue weighted by Crippen LogP contribution is -2.54. The number of aryl methyl sites for hydroxylation is 1. The second-order valence-corrected chi connectivity index (χ2v) is 6.09. The summed E-state index contributed by atoms with van der Waals surface area (Å²) in [7, 11) is -1.53. The van der Waals surface area contributed by atoms with Crippen molar-refractivity contribution < 1.29 is 29.8 Å². The summed E-state index contributed by atoms with van der Waals surface area (Å²) in [6.07, 6.45) is 2.41. The zero-order valence-electron chi connectivity index (χ0n) is 14.1. The maximum absolute atomic E-state index is 11.5. The van der Waals surface area contributed by atoms with Crippen LogP contribution in [0.25, 0.3) is 0 Å². The SMILES string of the molecule is N=C/C(=C\N)CN1CC(Oc2ccc(CCB(O)O)c(O)c2C(=O)O)C1. The summed E-state index contributed by atoms with van der Waals surface area (Å²) in [5.41, 5.74) is 6.04. The maximum atomic E-state index is 11.5. The van der Waals surface area contributed by atoms with Gasteiger partial charge in [-0.05, 0) is 36.1 Å². The number of benzene rings is 1. The van der Waals surface area contributed by atoms with Gasteiger partial charge in [-0.15, -0.1) is 0 Å². The largest absolute Gasteiger partial charge is 0.507 e. The van der Waals surface area contributed by atoms with Gasteiger partial charge in [-0.2, -0.15) is 0 Å². The molecule has 7 N–H and O–H groups in total. The molecule has 0 aromatic heterocycles. The lowest BCUT2D eigenvalue weighted by Gasteiger charge is -2.39. The van der Waals surface area contributed by atoms with Crippen molar-refractivity contribution in [2.75, 3.05) is 19.6 Å². The Morgan fingerprint density at radius 2 is 2.12 bits per heavy atom. The second-order valence-electron chi connectivity index (χ2n) is 6.09. The molecule has 1 saturated heterocycles. The highest BCUT2D eigenvalue weighted by Gasteiger charge is 2.31. The number of carboxylic acid groups (broad SMARTS) is 1. The molecule has 0 saturated carbocycles. The molecule has 1 aromatic carbocycles. The number of nitrogens with zero attached hydrogens (tertiary/aromatic N) is 1. The first-order valence-electron chi connectivity index (χ1n) is 8.10. The third-order valence-electron chi connectivity index (χ3n) is 4.13. The molecule has 140 valence electrons. The predicted molar refractivity (Wildman–Crippen MR) is 95.7 cm³/mol. The number of nitrogens with two attached hydrogens (primary N) is 1. The number of hydrogen-bond acceptors (Lipinski definition) is 8. The lowest BCUT2D eigenvalue weighted by atomic mass is 9.82. The summed E-state index contributed by atoms with van der Waals surface area (Å²) in [5.74, 6) is -1.68. The molecule has 0 aliphatic carbocycles. The van der Waals surface area contributed by atoms with Gasteiger partial charge in [0.15, 0.2) is 0 Å². The highest BCUT2D eigenvalue weighted by molar-refractivity contribution is 6.41. The summed E-state index contributed by atoms with van der Waals surface area (Å²) in [6, 6.07) is 2.98. The molecular weight excluding hydrogens is 341 g/mol. The fourth-order valence-corrected chi connectivity index (χ4v) is 2.72. The van der Waals surface area contributed by atoms with E-state index >= 15 is 0 Å². The van der Waals surface area contributed by atoms with Crippen LogP contribution < -0.4 is 10.5 Å². The van der Waals surface area contributed by atoms with Gasteiger partial charge in [0, 0.05) is 25.8 Å². The van der Waals surface area contributed by atoms with Gasteiger partial charge in [0.25, 0.3) is 0 Å². The van der Waals surface area contributed by atoms with Crippen LogP contribution in [0.5, 0.6) is 11.5 Å². The predicted octanol–water partition coefficient (Wildman–Crippen LogP) is -0.339. The highest BCUT2D eigenvalue weighted by Crippen LogP contribution is 2.33. The Bertz CT molecular complexity index is 703. The minimum Gasteiger partial charge on any atom is -0.507 e. The van der Waals surface area contributed by atoms with Gasteiger partial charge < -0.3 is 36.1 Å². The van der Waals surface area contributed by atoms with Crippen LogP contribution in [0.2, 0.25) is 6.32 Å². The summed E-state index contributed by atoms with van der Waals surface area (Å²) in [4.78, 5) is 13.5. The number of phenols is 1. The monoisotopic (exact) mass is 363 g/mol. The zero-order valence-corrected chi connectivity index (χ0v) is 14.1. The van der Waals surface area contributed by atoms with Crippen LogP contribution in [-0.4, -0.2) is 70.2 Å². The van der Waals surface area contributed by atoms with Gasteiger partial charge in [0.1, 0.15) is 23.2 Å². The number of hydrogen-bond donors (Lipinski definition) is 6. The van der Waals surface area contributed by atoms with E-state index in [1.807, 2.05) is 4.90 Å². The van der Waals surface area contributed by atoms with E-state index in [1.165, 1.54) is 24.5 Å². The average Bonchev–Trinajstić information content (AvgIpc) is 2.55. The first kappa shape index (κ1) is 19.8. The van der Waals surface area contributed by atoms with Crippen molar-refractivity contribution in [3.8, 4) is 11.5 Å². The summed E-state index contributed by atoms with van der Waals surface area (Å²) in [5, 5.41) is 44.7. The summed E-state index contributed by atoms with van der Waals surface area (Å²) < 4.78 is 5.69. The fraction of sp³-hybridized carbons (Fsp3) is 0.375. The van der Waals surface area contributed by atoms with Crippen LogP contribution in [-0.2, 0) is 6.42 Å². The molecule has 9 nitrogen and oxygen atoms in total. The maximum Gasteiger partial charge on any atom is 0.451 e. The Morgan fingerprint density at radius 3 is 2.65 bits per heavy atom. The summed E-state index contributed by atoms with van der Waals surface area (Å²) in [6.45, 7) is 1.60. The number of nitrogens with one attached hydrogen (secondary N) is 1. The first-order valence-corrected chi connectivity index (χ1v) is 8.10. The first-order chi connectivity index (χ1) is 12.3. The topological polar surface area (TPSA) is 160 Å². The van der Waals surface area contributed by atoms with Crippen LogP contribution >= 0.6 is 0 Å². The number of carbonyl (C=O) groups is 1. The van der Waals surface area contributed by atoms with E-state index in [9.17, 15) is 15.0 Å². The molecule has 1 aliphatic rings. The van der Waals surface area contributed by atoms with Crippen molar-refractivity contribution >= 4 is 19.3 Å². The number of rotatable bonds is 9. The van der Waals surface area contributed by atoms with Gasteiger partial charge >= 0.3 is 13.1 Å². The molecule has 0 atom stereocenters. The molecular formula is C16H22BN3O6. The van der Waals surface area contributed by atoms with E-state index in [2.05, 4.69) is 0 Å². The van der Waals surface area contributed by atoms with Crippen LogP contribution in [0, 0.1) is 5.41 Å². The van der Waals surface area contributed by atoms with Crippen LogP contribution in [0.3, 0.4) is 0 Å². The van der Waals surface area contributed by atoms with E-state index in [1.54, 1.807) is 0 Å². The molecule has 26 heavy (non-hydrogen) atoms. The molecule has 10 heteroatoms. The summed E-state index contributed by atoms with van der Waals surface area (Å²) >= 11 is 0. The molecule has 1 fully saturated rings. The van der Waals surface area contributed by atoms with E-state index in [0.717, 1.165) is 0 Å². The van der Waals surface area contributed by atoms with Crippen molar-refractivity contribution in [3.63, 3.8) is 0 Å². The van der Waals surface area contributed by atoms with Gasteiger partial charge in [-0.1, -0.05) is 6.07 Å². The Hall–Kier alpha value is -2.56. The van der Waals surface area contributed by atoms with E-state index in [-0.39, 0.29) is 30.2 Å². The lowest BCUT2D eigenvalue weighted by molar-refractivity contribution is 0.0259. The molecule has 1 aromatic rings. The molecule has 0 radical (unpaired) electrons. The van der Waals surface area contributed by atoms with Gasteiger partial charge in [-0.25, -0.2) is 4.79 Å². The van der Waals surface area contributed by atoms with Gasteiger partial charge in [0.2, 0.25) is 0 Å². The number of carboxylic acids is 1. The molecule has 0 unspecified atom stereocenters. The average molecular weight is 363 g/mol. The molecule has 0 spiro atoms. The van der Waals surface area contributed by atoms with Crippen LogP contribution in [0.1, 0.15) is 15.9 Å². The Labute approximate surface area is 151 Å². The third-order valence-corrected chi connectivity index (χ3v) is 4.13. The number of likely N-dealkylation sites (tertiary alicyclic amines) is 1. The van der Waals surface area contributed by atoms with Crippen molar-refractivity contribution in [2.24, 2.45) is 5.73 Å². The van der Waals surface area contributed by atoms with Crippen LogP contribution in [0.4, 0.5) is 0 Å². The fourth-order valence-electron chi connectivity index (χ4n) is 2.72. The molecule has 1 heterocycles. The van der Waals surface area contributed by atoms with E-state index in [0.29, 0.717) is 30.8 Å². The Kier molecular flexibility index (Phi) is 6.61. The van der Waals surface area contributed by atoms with Gasteiger partial charge in [-0.3, -0.25) is 4.90 Å². The normalized spacial score (nSPS) is 15.4. The Balaban J connectivity index is 2.05. The minimum atomic E-state index is -1.53. The second kappa shape index (κ2) is 8.70. The van der Waals surface area contributed by atoms with E-state index < -0.39 is 18.8 Å². The van der Waals surface area contributed by atoms with Gasteiger partial charge in [0.05, 0.1) is 0 Å². The van der Waals surface area contributed by atoms with Crippen molar-refractivity contribution in [1.82, 2.24) is 4.90 Å².